The Morgan fingerprint density at radius 1 is 0.469 bits per heavy atom. The molecule has 0 aliphatic carbocycles. The molecule has 2 aliphatic rings. The zero-order chi connectivity index (χ0) is 33.4. The van der Waals surface area contributed by atoms with Gasteiger partial charge in [0.1, 0.15) is 0 Å². The van der Waals surface area contributed by atoms with E-state index in [9.17, 15) is 0 Å². The molecule has 236 valence electrons. The highest BCUT2D eigenvalue weighted by atomic mass is 15.2. The lowest BCUT2D eigenvalue weighted by Gasteiger charge is -2.41. The number of benzene rings is 7. The Labute approximate surface area is 288 Å². The van der Waals surface area contributed by atoms with Crippen molar-refractivity contribution in [3.8, 4) is 11.1 Å². The first-order valence-corrected chi connectivity index (χ1v) is 17.6. The number of aromatic nitrogens is 1. The normalized spacial score (nSPS) is 13.8. The van der Waals surface area contributed by atoms with Gasteiger partial charge in [-0.3, -0.25) is 0 Å². The molecule has 0 atom stereocenters. The number of hydrogen-bond donors (Lipinski definition) is 0. The maximum Gasteiger partial charge on any atom is 0.333 e. The van der Waals surface area contributed by atoms with Crippen LogP contribution in [0.4, 0.5) is 17.1 Å². The van der Waals surface area contributed by atoms with Crippen LogP contribution in [0.15, 0.2) is 127 Å². The lowest BCUT2D eigenvalue weighted by Crippen LogP contribution is -2.57. The van der Waals surface area contributed by atoms with E-state index in [2.05, 4.69) is 178 Å². The molecule has 0 N–H and O–H groups in total. The van der Waals surface area contributed by atoms with Crippen LogP contribution < -0.4 is 15.8 Å². The average Bonchev–Trinajstić information content (AvgIpc) is 3.43. The van der Waals surface area contributed by atoms with Gasteiger partial charge in [-0.25, -0.2) is 0 Å². The van der Waals surface area contributed by atoms with Crippen LogP contribution >= 0.6 is 0 Å². The SMILES string of the molecule is CC(C)(C)c1cc(N2c3cccc4c3B(c3c2ccc2cc5ccccc5cc32)n2c3ccccc3c3cccc-4c32)cc(C(C)(C)C)c1. The zero-order valence-electron chi connectivity index (χ0n) is 29.1. The molecule has 2 nitrogen and oxygen atoms in total. The third kappa shape index (κ3) is 3.96. The van der Waals surface area contributed by atoms with E-state index in [1.54, 1.807) is 0 Å². The fourth-order valence-corrected chi connectivity index (χ4v) is 8.73. The van der Waals surface area contributed by atoms with Crippen LogP contribution in [-0.4, -0.2) is 11.3 Å². The lowest BCUT2D eigenvalue weighted by atomic mass is 9.44. The van der Waals surface area contributed by atoms with Crippen molar-refractivity contribution in [1.82, 2.24) is 4.48 Å². The van der Waals surface area contributed by atoms with E-state index in [0.29, 0.717) is 0 Å². The second-order valence-electron chi connectivity index (χ2n) is 16.3. The quantitative estimate of drug-likeness (QED) is 0.129. The average molecular weight is 631 g/mol. The van der Waals surface area contributed by atoms with Gasteiger partial charge in [0.15, 0.2) is 0 Å². The smallest absolute Gasteiger partial charge is 0.333 e. The fourth-order valence-electron chi connectivity index (χ4n) is 8.73. The molecule has 3 heteroatoms. The molecule has 49 heavy (non-hydrogen) atoms. The van der Waals surface area contributed by atoms with Gasteiger partial charge >= 0.3 is 6.85 Å². The van der Waals surface area contributed by atoms with Gasteiger partial charge in [0.05, 0.1) is 0 Å². The van der Waals surface area contributed by atoms with Crippen LogP contribution in [0.5, 0.6) is 0 Å². The second-order valence-corrected chi connectivity index (χ2v) is 16.3. The van der Waals surface area contributed by atoms with Gasteiger partial charge in [-0.1, -0.05) is 126 Å². The fraction of sp³-hybridized carbons (Fsp3) is 0.174. The molecule has 10 rings (SSSR count). The first-order valence-electron chi connectivity index (χ1n) is 17.6. The first-order chi connectivity index (χ1) is 23.6. The summed E-state index contributed by atoms with van der Waals surface area (Å²) in [6.45, 7) is 14.0. The summed E-state index contributed by atoms with van der Waals surface area (Å²) in [7, 11) is 0. The molecule has 0 amide bonds. The third-order valence-corrected chi connectivity index (χ3v) is 11.2. The molecule has 2 aliphatic heterocycles. The van der Waals surface area contributed by atoms with E-state index in [-0.39, 0.29) is 17.7 Å². The molecular formula is C46H39BN2. The maximum absolute atomic E-state index is 2.67. The molecule has 8 aromatic rings. The zero-order valence-corrected chi connectivity index (χ0v) is 29.1. The van der Waals surface area contributed by atoms with Crippen LogP contribution in [0.1, 0.15) is 52.7 Å². The monoisotopic (exact) mass is 630 g/mol. The van der Waals surface area contributed by atoms with Crippen LogP contribution in [0.3, 0.4) is 0 Å². The Hall–Kier alpha value is -5.28. The van der Waals surface area contributed by atoms with Gasteiger partial charge in [-0.2, -0.15) is 0 Å². The number of rotatable bonds is 1. The van der Waals surface area contributed by atoms with Gasteiger partial charge in [-0.15, -0.1) is 0 Å². The minimum absolute atomic E-state index is 0.00415. The molecule has 0 saturated heterocycles. The van der Waals surface area contributed by atoms with Gasteiger partial charge < -0.3 is 9.38 Å². The third-order valence-electron chi connectivity index (χ3n) is 11.2. The number of hydrogen-bond acceptors (Lipinski definition) is 1. The molecule has 3 heterocycles. The Morgan fingerprint density at radius 2 is 1.10 bits per heavy atom. The van der Waals surface area contributed by atoms with E-state index in [1.807, 2.05) is 0 Å². The van der Waals surface area contributed by atoms with E-state index < -0.39 is 0 Å². The molecule has 0 saturated carbocycles. The van der Waals surface area contributed by atoms with E-state index in [4.69, 9.17) is 0 Å². The summed E-state index contributed by atoms with van der Waals surface area (Å²) in [5.74, 6) is 0. The van der Waals surface area contributed by atoms with Crippen molar-refractivity contribution < 1.29 is 0 Å². The van der Waals surface area contributed by atoms with Crippen molar-refractivity contribution in [3.63, 3.8) is 0 Å². The van der Waals surface area contributed by atoms with Crippen molar-refractivity contribution in [2.24, 2.45) is 0 Å². The Morgan fingerprint density at radius 3 is 1.86 bits per heavy atom. The molecular weight excluding hydrogens is 591 g/mol. The Kier molecular flexibility index (Phi) is 5.66. The van der Waals surface area contributed by atoms with Gasteiger partial charge in [-0.05, 0) is 102 Å². The second kappa shape index (κ2) is 9.67. The van der Waals surface area contributed by atoms with Crippen molar-refractivity contribution in [1.29, 1.82) is 0 Å². The summed E-state index contributed by atoms with van der Waals surface area (Å²) >= 11 is 0. The molecule has 0 fully saturated rings. The van der Waals surface area contributed by atoms with Crippen molar-refractivity contribution in [2.75, 3.05) is 4.90 Å². The highest BCUT2D eigenvalue weighted by Gasteiger charge is 2.43. The van der Waals surface area contributed by atoms with Crippen LogP contribution in [0.25, 0.3) is 54.5 Å². The number of nitrogens with zero attached hydrogens (tertiary/aromatic N) is 2. The number of para-hydroxylation sites is 2. The van der Waals surface area contributed by atoms with Crippen molar-refractivity contribution >= 4 is 78.2 Å². The van der Waals surface area contributed by atoms with Crippen LogP contribution in [-0.2, 0) is 10.8 Å². The molecule has 0 radical (unpaired) electrons. The predicted octanol–water partition coefficient (Wildman–Crippen LogP) is 11.1. The highest BCUT2D eigenvalue weighted by molar-refractivity contribution is 6.91. The largest absolute Gasteiger partial charge is 0.375 e. The van der Waals surface area contributed by atoms with E-state index in [0.717, 1.165) is 0 Å². The van der Waals surface area contributed by atoms with Gasteiger partial charge in [0.2, 0.25) is 0 Å². The standard InChI is InChI=1S/C46H39BN2/c1-45(2,3)31-25-32(46(4,5)6)27-33(26-31)48-40-20-12-16-35-37-18-11-17-36-34-15-9-10-19-39(34)49(44(36)37)47(42(35)40)43-38-24-29-14-8-7-13-28(29)23-30(38)21-22-41(43)48/h7-27H,1-6H3. The Bertz CT molecular complexity index is 2670. The predicted molar refractivity (Wildman–Crippen MR) is 212 cm³/mol. The molecule has 0 bridgehead atoms. The summed E-state index contributed by atoms with van der Waals surface area (Å²) in [5, 5.41) is 7.79. The van der Waals surface area contributed by atoms with Crippen molar-refractivity contribution in [3.05, 3.63) is 139 Å². The van der Waals surface area contributed by atoms with Crippen LogP contribution in [0, 0.1) is 0 Å². The van der Waals surface area contributed by atoms with Gasteiger partial charge in [0, 0.05) is 44.4 Å². The summed E-state index contributed by atoms with van der Waals surface area (Å²) in [4.78, 5) is 2.58. The highest BCUT2D eigenvalue weighted by Crippen LogP contribution is 2.47. The van der Waals surface area contributed by atoms with Gasteiger partial charge in [0.25, 0.3) is 0 Å². The summed E-state index contributed by atoms with van der Waals surface area (Å²) in [5.41, 5.74) is 14.5. The van der Waals surface area contributed by atoms with E-state index in [1.165, 1.54) is 93.6 Å². The Balaban J connectivity index is 1.39. The number of anilines is 3. The van der Waals surface area contributed by atoms with E-state index >= 15 is 0 Å². The lowest BCUT2D eigenvalue weighted by molar-refractivity contribution is 0.569. The molecule has 0 unspecified atom stereocenters. The molecule has 0 spiro atoms. The minimum atomic E-state index is 0.00415. The van der Waals surface area contributed by atoms with Crippen LogP contribution in [0.2, 0.25) is 0 Å². The summed E-state index contributed by atoms with van der Waals surface area (Å²) in [6, 6.07) is 48.6. The van der Waals surface area contributed by atoms with Crippen molar-refractivity contribution in [2.45, 2.75) is 52.4 Å². The molecule has 7 aromatic carbocycles. The minimum Gasteiger partial charge on any atom is -0.375 e. The summed E-state index contributed by atoms with van der Waals surface area (Å²) < 4.78 is 2.67. The maximum atomic E-state index is 2.67. The summed E-state index contributed by atoms with van der Waals surface area (Å²) in [6.07, 6.45) is 0. The number of fused-ring (bicyclic) bond motifs is 10. The molecule has 1 aromatic heterocycles. The topological polar surface area (TPSA) is 8.17 Å². The first kappa shape index (κ1) is 28.7.